The minimum atomic E-state index is -0.967. The number of carbonyl (C=O) groups excluding carboxylic acids is 2. The smallest absolute Gasteiger partial charge is 0.322 e. The van der Waals surface area contributed by atoms with Gasteiger partial charge in [-0.3, -0.25) is 9.78 Å². The zero-order chi connectivity index (χ0) is 18.7. The summed E-state index contributed by atoms with van der Waals surface area (Å²) in [6.07, 6.45) is 1.72. The Bertz CT molecular complexity index is 787. The molecule has 0 radical (unpaired) electrons. The molecule has 1 aliphatic rings. The highest BCUT2D eigenvalue weighted by Crippen LogP contribution is 2.21. The molecule has 7 nitrogen and oxygen atoms in total. The van der Waals surface area contributed by atoms with Crippen molar-refractivity contribution in [1.29, 1.82) is 0 Å². The molecule has 3 rings (SSSR count). The molecule has 2 heterocycles. The number of anilines is 1. The fourth-order valence-corrected chi connectivity index (χ4v) is 2.65. The van der Waals surface area contributed by atoms with Crippen molar-refractivity contribution in [2.24, 2.45) is 0 Å². The number of hydrogen-bond acceptors (Lipinski definition) is 4. The summed E-state index contributed by atoms with van der Waals surface area (Å²) in [5.74, 6) is -0.272. The molecule has 0 unspecified atom stereocenters. The molecule has 26 heavy (non-hydrogen) atoms. The van der Waals surface area contributed by atoms with Crippen molar-refractivity contribution in [2.75, 3.05) is 11.9 Å². The third-order valence-electron chi connectivity index (χ3n) is 4.05. The van der Waals surface area contributed by atoms with Gasteiger partial charge in [0.25, 0.3) is 5.91 Å². The number of nitrogens with zero attached hydrogens (tertiary/aromatic N) is 2. The van der Waals surface area contributed by atoms with Crippen LogP contribution in [0, 0.1) is 0 Å². The van der Waals surface area contributed by atoms with Crippen LogP contribution in [-0.4, -0.2) is 39.1 Å². The highest BCUT2D eigenvalue weighted by molar-refractivity contribution is 5.95. The number of aliphatic hydroxyl groups is 1. The SMILES string of the molecule is CC(C)(O)CNC(=O)c1ccc(NC(=O)N2Cc3cccnc3C2)cc1. The molecule has 0 aliphatic carbocycles. The molecule has 3 N–H and O–H groups in total. The summed E-state index contributed by atoms with van der Waals surface area (Å²) >= 11 is 0. The summed E-state index contributed by atoms with van der Waals surface area (Å²) in [5, 5.41) is 15.1. The maximum Gasteiger partial charge on any atom is 0.322 e. The minimum Gasteiger partial charge on any atom is -0.389 e. The number of amides is 3. The van der Waals surface area contributed by atoms with E-state index in [-0.39, 0.29) is 18.5 Å². The van der Waals surface area contributed by atoms with Gasteiger partial charge in [-0.25, -0.2) is 4.79 Å². The molecule has 1 aromatic heterocycles. The molecular formula is C19H22N4O3. The number of pyridine rings is 1. The molecule has 0 fully saturated rings. The predicted octanol–water partition coefficient (Wildman–Crippen LogP) is 2.13. The maximum atomic E-state index is 12.4. The summed E-state index contributed by atoms with van der Waals surface area (Å²) in [7, 11) is 0. The minimum absolute atomic E-state index is 0.161. The lowest BCUT2D eigenvalue weighted by molar-refractivity contribution is 0.0694. The van der Waals surface area contributed by atoms with Crippen LogP contribution in [0.5, 0.6) is 0 Å². The van der Waals surface area contributed by atoms with Crippen LogP contribution in [0.3, 0.4) is 0 Å². The van der Waals surface area contributed by atoms with Crippen LogP contribution < -0.4 is 10.6 Å². The number of carbonyl (C=O) groups is 2. The van der Waals surface area contributed by atoms with Gasteiger partial charge in [-0.05, 0) is 49.7 Å². The molecule has 1 aliphatic heterocycles. The Kier molecular flexibility index (Phi) is 4.90. The van der Waals surface area contributed by atoms with Crippen LogP contribution in [0.15, 0.2) is 42.6 Å². The van der Waals surface area contributed by atoms with Gasteiger partial charge in [0.2, 0.25) is 0 Å². The lowest BCUT2D eigenvalue weighted by atomic mass is 10.1. The van der Waals surface area contributed by atoms with Crippen LogP contribution >= 0.6 is 0 Å². The lowest BCUT2D eigenvalue weighted by Gasteiger charge is -2.18. The van der Waals surface area contributed by atoms with Crippen LogP contribution in [0.25, 0.3) is 0 Å². The van der Waals surface area contributed by atoms with Crippen LogP contribution in [0.2, 0.25) is 0 Å². The number of nitrogens with one attached hydrogen (secondary N) is 2. The van der Waals surface area contributed by atoms with Gasteiger partial charge in [-0.15, -0.1) is 0 Å². The molecule has 1 aromatic carbocycles. The van der Waals surface area contributed by atoms with Crippen molar-refractivity contribution < 1.29 is 14.7 Å². The first kappa shape index (κ1) is 17.9. The Balaban J connectivity index is 1.56. The van der Waals surface area contributed by atoms with Gasteiger partial charge < -0.3 is 20.6 Å². The lowest BCUT2D eigenvalue weighted by Crippen LogP contribution is -2.38. The van der Waals surface area contributed by atoms with Crippen molar-refractivity contribution in [3.8, 4) is 0 Å². The monoisotopic (exact) mass is 354 g/mol. The van der Waals surface area contributed by atoms with Gasteiger partial charge >= 0.3 is 6.03 Å². The van der Waals surface area contributed by atoms with Crippen molar-refractivity contribution in [2.45, 2.75) is 32.5 Å². The zero-order valence-corrected chi connectivity index (χ0v) is 14.8. The third kappa shape index (κ3) is 4.37. The van der Waals surface area contributed by atoms with E-state index < -0.39 is 5.60 Å². The first-order valence-electron chi connectivity index (χ1n) is 8.41. The highest BCUT2D eigenvalue weighted by atomic mass is 16.3. The van der Waals surface area contributed by atoms with Gasteiger partial charge in [0.15, 0.2) is 0 Å². The van der Waals surface area contributed by atoms with E-state index in [2.05, 4.69) is 15.6 Å². The predicted molar refractivity (Wildman–Crippen MR) is 97.6 cm³/mol. The molecular weight excluding hydrogens is 332 g/mol. The van der Waals surface area contributed by atoms with Crippen molar-refractivity contribution in [3.05, 3.63) is 59.4 Å². The average Bonchev–Trinajstić information content (AvgIpc) is 3.04. The normalized spacial score (nSPS) is 13.3. The standard InChI is InChI=1S/C19H22N4O3/c1-19(2,26)12-21-17(24)13-5-7-15(8-6-13)22-18(25)23-10-14-4-3-9-20-16(14)11-23/h3-9,26H,10-12H2,1-2H3,(H,21,24)(H,22,25). The van der Waals surface area contributed by atoms with E-state index in [0.29, 0.717) is 24.3 Å². The second kappa shape index (κ2) is 7.13. The number of urea groups is 1. The molecule has 136 valence electrons. The van der Waals surface area contributed by atoms with Gasteiger partial charge in [0.1, 0.15) is 0 Å². The number of hydrogen-bond donors (Lipinski definition) is 3. The topological polar surface area (TPSA) is 94.6 Å². The molecule has 0 saturated carbocycles. The van der Waals surface area contributed by atoms with Gasteiger partial charge in [0, 0.05) is 30.5 Å². The van der Waals surface area contributed by atoms with Gasteiger partial charge in [0.05, 0.1) is 17.8 Å². The van der Waals surface area contributed by atoms with Gasteiger partial charge in [-0.1, -0.05) is 6.07 Å². The number of benzene rings is 1. The van der Waals surface area contributed by atoms with E-state index >= 15 is 0 Å². The summed E-state index contributed by atoms with van der Waals surface area (Å²) in [5.41, 5.74) is 2.08. The van der Waals surface area contributed by atoms with E-state index in [1.54, 1.807) is 49.2 Å². The summed E-state index contributed by atoms with van der Waals surface area (Å²) < 4.78 is 0. The van der Waals surface area contributed by atoms with Crippen molar-refractivity contribution in [3.63, 3.8) is 0 Å². The van der Waals surface area contributed by atoms with E-state index in [4.69, 9.17) is 0 Å². The Morgan fingerprint density at radius 3 is 2.58 bits per heavy atom. The average molecular weight is 354 g/mol. The number of aromatic nitrogens is 1. The van der Waals surface area contributed by atoms with Crippen molar-refractivity contribution in [1.82, 2.24) is 15.2 Å². The summed E-state index contributed by atoms with van der Waals surface area (Å²) in [4.78, 5) is 30.4. The summed E-state index contributed by atoms with van der Waals surface area (Å²) in [6, 6.07) is 10.3. The van der Waals surface area contributed by atoms with Crippen LogP contribution in [0.1, 0.15) is 35.5 Å². The first-order valence-corrected chi connectivity index (χ1v) is 8.41. The Morgan fingerprint density at radius 2 is 1.92 bits per heavy atom. The second-order valence-electron chi connectivity index (χ2n) is 6.97. The molecule has 2 aromatic rings. The largest absolute Gasteiger partial charge is 0.389 e. The van der Waals surface area contributed by atoms with Crippen LogP contribution in [-0.2, 0) is 13.1 Å². The zero-order valence-electron chi connectivity index (χ0n) is 14.8. The molecule has 0 bridgehead atoms. The summed E-state index contributed by atoms with van der Waals surface area (Å²) in [6.45, 7) is 4.43. The first-order chi connectivity index (χ1) is 12.3. The molecule has 0 atom stereocenters. The van der Waals surface area contributed by atoms with E-state index in [1.165, 1.54) is 0 Å². The number of rotatable bonds is 4. The molecule has 0 spiro atoms. The van der Waals surface area contributed by atoms with Crippen LogP contribution in [0.4, 0.5) is 10.5 Å². The fourth-order valence-electron chi connectivity index (χ4n) is 2.65. The molecule has 0 saturated heterocycles. The molecule has 3 amide bonds. The Labute approximate surface area is 152 Å². The number of fused-ring (bicyclic) bond motifs is 1. The van der Waals surface area contributed by atoms with Gasteiger partial charge in [-0.2, -0.15) is 0 Å². The van der Waals surface area contributed by atoms with Crippen molar-refractivity contribution >= 4 is 17.6 Å². The maximum absolute atomic E-state index is 12.4. The van der Waals surface area contributed by atoms with E-state index in [1.807, 2.05) is 12.1 Å². The quantitative estimate of drug-likeness (QED) is 0.784. The third-order valence-corrected chi connectivity index (χ3v) is 4.05. The second-order valence-corrected chi connectivity index (χ2v) is 6.97. The fraction of sp³-hybridized carbons (Fsp3) is 0.316. The highest BCUT2D eigenvalue weighted by Gasteiger charge is 2.24. The molecule has 7 heteroatoms. The Morgan fingerprint density at radius 1 is 1.19 bits per heavy atom. The Hall–Kier alpha value is -2.93. The van der Waals surface area contributed by atoms with E-state index in [9.17, 15) is 14.7 Å². The van der Waals surface area contributed by atoms with E-state index in [0.717, 1.165) is 11.3 Å².